The predicted molar refractivity (Wildman–Crippen MR) is 165 cm³/mol. The Morgan fingerprint density at radius 3 is 1.65 bits per heavy atom. The zero-order valence-corrected chi connectivity index (χ0v) is 23.3. The summed E-state index contributed by atoms with van der Waals surface area (Å²) in [5.41, 5.74) is 10.8. The second-order valence-electron chi connectivity index (χ2n) is 9.73. The van der Waals surface area contributed by atoms with Crippen LogP contribution >= 0.6 is 0 Å². The van der Waals surface area contributed by atoms with Gasteiger partial charge in [-0.25, -0.2) is 0 Å². The summed E-state index contributed by atoms with van der Waals surface area (Å²) in [6, 6.07) is 0. The van der Waals surface area contributed by atoms with Crippen molar-refractivity contribution in [2.24, 2.45) is 5.73 Å². The molecule has 1 aliphatic rings. The van der Waals surface area contributed by atoms with Crippen LogP contribution in [0.15, 0.2) is 11.6 Å². The maximum atomic E-state index is 13.7. The summed E-state index contributed by atoms with van der Waals surface area (Å²) in [7, 11) is 10.7. The van der Waals surface area contributed by atoms with E-state index in [9.17, 15) is 26.4 Å². The number of hydrogen-bond donors (Lipinski definition) is 1. The molecule has 0 bridgehead atoms. The number of Topliss-reactive ketones (excluding diaryl/α,β-unsaturated/α-hetero) is 1. The molecule has 2 aromatic rings. The Balaban J connectivity index is 1.98. The lowest BCUT2D eigenvalue weighted by molar-refractivity contribution is -0.135. The average molecular weight is 520 g/mol. The molecule has 184 valence electrons. The van der Waals surface area contributed by atoms with E-state index in [0.717, 1.165) is 27.3 Å². The Bertz CT molecular complexity index is 1440. The number of alkyl halides is 3. The number of ether oxygens (including phenoxy) is 1. The molecular formula is C18H23B9F3NO5S. The molecule has 6 nitrogen and oxygen atoms in total. The first kappa shape index (κ1) is 29.1. The third-order valence-electron chi connectivity index (χ3n) is 7.85. The Morgan fingerprint density at radius 2 is 1.22 bits per heavy atom. The van der Waals surface area contributed by atoms with Crippen LogP contribution in [0.4, 0.5) is 13.2 Å². The largest absolute Gasteiger partial charge is 0.460 e. The van der Waals surface area contributed by atoms with E-state index in [-0.39, 0.29) is 27.4 Å². The predicted octanol–water partition coefficient (Wildman–Crippen LogP) is -12.7. The molecule has 0 radical (unpaired) electrons. The van der Waals surface area contributed by atoms with Crippen LogP contribution in [-0.4, -0.2) is 84.8 Å². The van der Waals surface area contributed by atoms with Crippen LogP contribution < -0.4 is 54.9 Å². The van der Waals surface area contributed by atoms with E-state index in [0.29, 0.717) is 5.56 Å². The fourth-order valence-corrected chi connectivity index (χ4v) is 6.30. The molecule has 2 aromatic carbocycles. The Kier molecular flexibility index (Phi) is 7.65. The van der Waals surface area contributed by atoms with Gasteiger partial charge in [0.15, 0.2) is 6.10 Å². The number of halogens is 3. The summed E-state index contributed by atoms with van der Waals surface area (Å²) < 4.78 is 77.8. The maximum Gasteiger partial charge on any atom is 0.415 e. The molecular weight excluding hydrogens is 497 g/mol. The Labute approximate surface area is 222 Å². The van der Waals surface area contributed by atoms with Gasteiger partial charge in [-0.2, -0.15) is 21.6 Å². The van der Waals surface area contributed by atoms with Crippen LogP contribution in [0.25, 0.3) is 0 Å². The molecule has 0 saturated carbocycles. The Hall–Kier alpha value is -2.43. The Morgan fingerprint density at radius 1 is 0.784 bits per heavy atom. The minimum Gasteiger partial charge on any atom is -0.460 e. The SMILES string of the molecule is Bc1c(B)c(B)c(CS(=O)(=O)OC2=C(N)OC(c3c(B)c(B)c(C(F)(F)F)c(B)c3B)C2=O)c(B)c1B. The lowest BCUT2D eigenvalue weighted by Gasteiger charge is -2.25. The van der Waals surface area contributed by atoms with Crippen molar-refractivity contribution >= 4 is 136 Å². The molecule has 0 saturated heterocycles. The molecule has 1 heterocycles. The van der Waals surface area contributed by atoms with Gasteiger partial charge >= 0.3 is 16.3 Å². The number of benzene rings is 2. The van der Waals surface area contributed by atoms with Gasteiger partial charge in [-0.3, -0.25) is 4.79 Å². The smallest absolute Gasteiger partial charge is 0.415 e. The van der Waals surface area contributed by atoms with Gasteiger partial charge in [0.25, 0.3) is 0 Å². The number of carbonyl (C=O) groups is 1. The fraction of sp³-hybridized carbons (Fsp3) is 0.167. The number of nitrogens with two attached hydrogens (primary N) is 1. The van der Waals surface area contributed by atoms with Crippen LogP contribution in [0, 0.1) is 0 Å². The van der Waals surface area contributed by atoms with Gasteiger partial charge in [-0.15, -0.1) is 16.4 Å². The molecule has 0 spiro atoms. The summed E-state index contributed by atoms with van der Waals surface area (Å²) >= 11 is 0. The van der Waals surface area contributed by atoms with Gasteiger partial charge in [-0.1, -0.05) is 32.8 Å². The molecule has 1 atom stereocenters. The van der Waals surface area contributed by atoms with Crippen molar-refractivity contribution < 1.29 is 35.3 Å². The minimum atomic E-state index is -4.58. The number of rotatable bonds is 5. The highest BCUT2D eigenvalue weighted by molar-refractivity contribution is 7.86. The van der Waals surface area contributed by atoms with Crippen LogP contribution in [0.2, 0.25) is 0 Å². The van der Waals surface area contributed by atoms with Gasteiger partial charge in [-0.05, 0) is 11.1 Å². The quantitative estimate of drug-likeness (QED) is 0.311. The van der Waals surface area contributed by atoms with Crippen molar-refractivity contribution in [1.82, 2.24) is 0 Å². The molecule has 1 unspecified atom stereocenters. The van der Waals surface area contributed by atoms with Gasteiger partial charge in [0.05, 0.1) is 0 Å². The monoisotopic (exact) mass is 521 g/mol. The van der Waals surface area contributed by atoms with Gasteiger partial charge in [0.2, 0.25) is 17.4 Å². The molecule has 0 aliphatic carbocycles. The van der Waals surface area contributed by atoms with Crippen molar-refractivity contribution in [3.05, 3.63) is 28.3 Å². The van der Waals surface area contributed by atoms with Gasteiger partial charge in [0.1, 0.15) is 76.4 Å². The molecule has 0 aromatic heterocycles. The maximum absolute atomic E-state index is 13.7. The fourth-order valence-electron chi connectivity index (χ4n) is 5.03. The lowest BCUT2D eigenvalue weighted by atomic mass is 9.61. The topological polar surface area (TPSA) is 95.7 Å². The summed E-state index contributed by atoms with van der Waals surface area (Å²) in [6.07, 6.45) is -6.00. The third-order valence-corrected chi connectivity index (χ3v) is 8.91. The first-order chi connectivity index (χ1) is 16.8. The van der Waals surface area contributed by atoms with Crippen molar-refractivity contribution in [3.63, 3.8) is 0 Å². The zero-order valence-electron chi connectivity index (χ0n) is 22.4. The van der Waals surface area contributed by atoms with E-state index >= 15 is 0 Å². The van der Waals surface area contributed by atoms with Crippen molar-refractivity contribution in [2.75, 3.05) is 0 Å². The van der Waals surface area contributed by atoms with Crippen LogP contribution in [0.3, 0.4) is 0 Å². The zero-order chi connectivity index (χ0) is 28.4. The van der Waals surface area contributed by atoms with E-state index in [1.54, 1.807) is 0 Å². The van der Waals surface area contributed by atoms with E-state index < -0.39 is 51.1 Å². The summed E-state index contributed by atoms with van der Waals surface area (Å²) in [5, 5.41) is 0. The highest BCUT2D eigenvalue weighted by Gasteiger charge is 2.43. The highest BCUT2D eigenvalue weighted by atomic mass is 32.2. The van der Waals surface area contributed by atoms with Crippen molar-refractivity contribution in [3.8, 4) is 0 Å². The molecule has 3 rings (SSSR count). The van der Waals surface area contributed by atoms with E-state index in [1.165, 1.54) is 31.4 Å². The second kappa shape index (κ2) is 9.71. The molecule has 37 heavy (non-hydrogen) atoms. The average Bonchev–Trinajstić information content (AvgIpc) is 3.05. The van der Waals surface area contributed by atoms with Crippen molar-refractivity contribution in [2.45, 2.75) is 18.0 Å². The van der Waals surface area contributed by atoms with Gasteiger partial charge in [0, 0.05) is 5.56 Å². The summed E-state index contributed by atoms with van der Waals surface area (Å²) in [5.74, 6) is -2.56. The first-order valence-electron chi connectivity index (χ1n) is 11.7. The minimum absolute atomic E-state index is 0.0429. The second-order valence-corrected chi connectivity index (χ2v) is 11.3. The van der Waals surface area contributed by atoms with E-state index in [2.05, 4.69) is 0 Å². The molecule has 1 aliphatic heterocycles. The number of ketones is 1. The molecule has 0 amide bonds. The summed E-state index contributed by atoms with van der Waals surface area (Å²) in [4.78, 5) is 13.3. The standard InChI is InChI=1S/C18H23B9F3NO5S/c19-5-2(6(20)12(26)13(27)11(5)25)1-37(33,34)36-16-14(32)15(35-17(16)31)3-7(21)9(23)4(18(28,29)30)10(24)8(3)22/h15H,1,19-27,31H2. The summed E-state index contributed by atoms with van der Waals surface area (Å²) in [6.45, 7) is 0. The third kappa shape index (κ3) is 5.03. The van der Waals surface area contributed by atoms with E-state index in [4.69, 9.17) is 14.7 Å². The van der Waals surface area contributed by atoms with E-state index in [1.807, 2.05) is 39.2 Å². The van der Waals surface area contributed by atoms with Crippen LogP contribution in [0.1, 0.15) is 22.8 Å². The van der Waals surface area contributed by atoms with Crippen LogP contribution in [0.5, 0.6) is 0 Å². The molecule has 0 fully saturated rings. The highest BCUT2D eigenvalue weighted by Crippen LogP contribution is 2.32. The number of hydrogen-bond acceptors (Lipinski definition) is 6. The van der Waals surface area contributed by atoms with Crippen molar-refractivity contribution in [1.29, 1.82) is 0 Å². The normalized spacial score (nSPS) is 16.2. The number of carbonyl (C=O) groups excluding carboxylic acids is 1. The van der Waals surface area contributed by atoms with Crippen LogP contribution in [-0.2, 0) is 35.8 Å². The first-order valence-corrected chi connectivity index (χ1v) is 13.3. The lowest BCUT2D eigenvalue weighted by Crippen LogP contribution is -2.56. The van der Waals surface area contributed by atoms with Gasteiger partial charge < -0.3 is 14.7 Å². The molecule has 19 heteroatoms. The molecule has 2 N–H and O–H groups in total.